The van der Waals surface area contributed by atoms with E-state index in [0.717, 1.165) is 33.2 Å². The molecule has 6 heteroatoms. The third-order valence-electron chi connectivity index (χ3n) is 5.66. The van der Waals surface area contributed by atoms with Crippen molar-refractivity contribution in [2.75, 3.05) is 19.8 Å². The van der Waals surface area contributed by atoms with Gasteiger partial charge in [-0.25, -0.2) is 9.59 Å². The maximum atomic E-state index is 13.1. The summed E-state index contributed by atoms with van der Waals surface area (Å²) in [5, 5.41) is 2.47. The van der Waals surface area contributed by atoms with Gasteiger partial charge < -0.3 is 18.8 Å². The number of para-hydroxylation sites is 1. The van der Waals surface area contributed by atoms with Crippen molar-refractivity contribution in [3.05, 3.63) is 71.4 Å². The second-order valence-corrected chi connectivity index (χ2v) is 7.71. The Morgan fingerprint density at radius 2 is 1.52 bits per heavy atom. The first-order valence-electron chi connectivity index (χ1n) is 11.1. The summed E-state index contributed by atoms with van der Waals surface area (Å²) in [5.41, 5.74) is 4.23. The standard InChI is InChI=1S/C27H27NO5/c1-5-31-24(29)16-33-23-15-21-25(27(30)32-6-2)18(4)28(22-14-10-7-11-17(22)3)26(21)20-13-9-8-12-19(20)23/h7-15H,5-6,16H2,1-4H3. The molecule has 0 saturated heterocycles. The smallest absolute Gasteiger partial charge is 0.344 e. The molecule has 0 radical (unpaired) electrons. The summed E-state index contributed by atoms with van der Waals surface area (Å²) in [6.45, 7) is 7.85. The van der Waals surface area contributed by atoms with Gasteiger partial charge in [0.25, 0.3) is 0 Å². The minimum absolute atomic E-state index is 0.213. The van der Waals surface area contributed by atoms with Gasteiger partial charge in [0.1, 0.15) is 5.75 Å². The molecule has 3 aromatic carbocycles. The van der Waals surface area contributed by atoms with Crippen molar-refractivity contribution in [1.29, 1.82) is 0 Å². The fourth-order valence-corrected chi connectivity index (χ4v) is 4.27. The van der Waals surface area contributed by atoms with Crippen LogP contribution in [0.25, 0.3) is 27.4 Å². The minimum Gasteiger partial charge on any atom is -0.481 e. The summed E-state index contributed by atoms with van der Waals surface area (Å²) in [5.74, 6) is -0.321. The Balaban J connectivity index is 2.05. The summed E-state index contributed by atoms with van der Waals surface area (Å²) < 4.78 is 18.4. The highest BCUT2D eigenvalue weighted by Crippen LogP contribution is 2.40. The third-order valence-corrected chi connectivity index (χ3v) is 5.66. The van der Waals surface area contributed by atoms with Crippen LogP contribution in [0, 0.1) is 13.8 Å². The zero-order valence-corrected chi connectivity index (χ0v) is 19.3. The minimum atomic E-state index is -0.444. The second kappa shape index (κ2) is 9.36. The zero-order chi connectivity index (χ0) is 23.5. The summed E-state index contributed by atoms with van der Waals surface area (Å²) in [4.78, 5) is 25.0. The SMILES string of the molecule is CCOC(=O)COc1cc2c(C(=O)OCC)c(C)n(-c3ccccc3C)c2c2ccccc12. The zero-order valence-electron chi connectivity index (χ0n) is 19.3. The van der Waals surface area contributed by atoms with Gasteiger partial charge in [-0.1, -0.05) is 42.5 Å². The monoisotopic (exact) mass is 445 g/mol. The van der Waals surface area contributed by atoms with Crippen LogP contribution in [0.1, 0.15) is 35.5 Å². The van der Waals surface area contributed by atoms with Gasteiger partial charge in [0.2, 0.25) is 0 Å². The summed E-state index contributed by atoms with van der Waals surface area (Å²) in [7, 11) is 0. The number of nitrogens with zero attached hydrogens (tertiary/aromatic N) is 1. The summed E-state index contributed by atoms with van der Waals surface area (Å²) in [6, 6.07) is 17.7. The fraction of sp³-hybridized carbons (Fsp3) is 0.259. The molecular weight excluding hydrogens is 418 g/mol. The van der Waals surface area contributed by atoms with Crippen LogP contribution in [0.5, 0.6) is 5.75 Å². The Kier molecular flexibility index (Phi) is 6.36. The normalized spacial score (nSPS) is 11.0. The van der Waals surface area contributed by atoms with E-state index in [0.29, 0.717) is 16.7 Å². The second-order valence-electron chi connectivity index (χ2n) is 7.71. The van der Waals surface area contributed by atoms with E-state index in [1.807, 2.05) is 68.4 Å². The first-order chi connectivity index (χ1) is 16.0. The van der Waals surface area contributed by atoms with Crippen molar-refractivity contribution in [1.82, 2.24) is 4.57 Å². The highest BCUT2D eigenvalue weighted by Gasteiger charge is 2.25. The molecule has 4 aromatic rings. The van der Waals surface area contributed by atoms with Gasteiger partial charge >= 0.3 is 11.9 Å². The van der Waals surface area contributed by atoms with Crippen LogP contribution in [0.2, 0.25) is 0 Å². The third kappa shape index (κ3) is 4.04. The highest BCUT2D eigenvalue weighted by molar-refractivity contribution is 6.17. The summed E-state index contributed by atoms with van der Waals surface area (Å²) in [6.07, 6.45) is 0. The van der Waals surface area contributed by atoms with Gasteiger partial charge in [-0.05, 0) is 45.4 Å². The Hall–Kier alpha value is -3.80. The van der Waals surface area contributed by atoms with E-state index in [4.69, 9.17) is 14.2 Å². The molecule has 0 atom stereocenters. The Labute approximate surface area is 192 Å². The van der Waals surface area contributed by atoms with E-state index >= 15 is 0 Å². The average Bonchev–Trinajstić information content (AvgIpc) is 3.10. The van der Waals surface area contributed by atoms with E-state index in [1.54, 1.807) is 13.8 Å². The van der Waals surface area contributed by atoms with Crippen LogP contribution in [-0.4, -0.2) is 36.3 Å². The van der Waals surface area contributed by atoms with Crippen molar-refractivity contribution in [3.63, 3.8) is 0 Å². The molecule has 0 fully saturated rings. The molecule has 0 spiro atoms. The van der Waals surface area contributed by atoms with Crippen molar-refractivity contribution >= 4 is 33.6 Å². The van der Waals surface area contributed by atoms with E-state index in [-0.39, 0.29) is 25.8 Å². The number of aryl methyl sites for hydroxylation is 1. The molecule has 0 N–H and O–H groups in total. The molecule has 170 valence electrons. The molecule has 0 amide bonds. The van der Waals surface area contributed by atoms with Gasteiger partial charge in [0.15, 0.2) is 6.61 Å². The van der Waals surface area contributed by atoms with Gasteiger partial charge in [0, 0.05) is 27.5 Å². The molecule has 6 nitrogen and oxygen atoms in total. The number of carbonyl (C=O) groups excluding carboxylic acids is 2. The molecule has 0 unspecified atom stereocenters. The number of ether oxygens (including phenoxy) is 3. The van der Waals surface area contributed by atoms with Crippen molar-refractivity contribution < 1.29 is 23.8 Å². The maximum absolute atomic E-state index is 13.1. The van der Waals surface area contributed by atoms with E-state index in [1.165, 1.54) is 0 Å². The predicted octanol–water partition coefficient (Wildman–Crippen LogP) is 5.52. The lowest BCUT2D eigenvalue weighted by Crippen LogP contribution is -2.14. The number of hydrogen-bond donors (Lipinski definition) is 0. The Bertz CT molecular complexity index is 1350. The molecule has 0 aliphatic carbocycles. The largest absolute Gasteiger partial charge is 0.481 e. The molecule has 0 aliphatic heterocycles. The van der Waals surface area contributed by atoms with Crippen LogP contribution in [-0.2, 0) is 14.3 Å². The fourth-order valence-electron chi connectivity index (χ4n) is 4.27. The average molecular weight is 446 g/mol. The highest BCUT2D eigenvalue weighted by atomic mass is 16.6. The molecular formula is C27H27NO5. The van der Waals surface area contributed by atoms with Gasteiger partial charge in [-0.3, -0.25) is 0 Å². The molecule has 0 aliphatic rings. The van der Waals surface area contributed by atoms with Crippen LogP contribution >= 0.6 is 0 Å². The molecule has 4 rings (SSSR count). The van der Waals surface area contributed by atoms with Crippen molar-refractivity contribution in [2.24, 2.45) is 0 Å². The first kappa shape index (κ1) is 22.4. The van der Waals surface area contributed by atoms with Gasteiger partial charge in [-0.15, -0.1) is 0 Å². The first-order valence-corrected chi connectivity index (χ1v) is 11.1. The molecule has 33 heavy (non-hydrogen) atoms. The predicted molar refractivity (Wildman–Crippen MR) is 128 cm³/mol. The lowest BCUT2D eigenvalue weighted by Gasteiger charge is -2.15. The lowest BCUT2D eigenvalue weighted by molar-refractivity contribution is -0.145. The molecule has 0 saturated carbocycles. The van der Waals surface area contributed by atoms with Crippen LogP contribution < -0.4 is 4.74 Å². The number of benzene rings is 3. The van der Waals surface area contributed by atoms with E-state index in [9.17, 15) is 9.59 Å². The number of carbonyl (C=O) groups is 2. The van der Waals surface area contributed by atoms with Gasteiger partial charge in [0.05, 0.1) is 24.3 Å². The molecule has 1 aromatic heterocycles. The van der Waals surface area contributed by atoms with E-state index < -0.39 is 5.97 Å². The van der Waals surface area contributed by atoms with E-state index in [2.05, 4.69) is 4.57 Å². The van der Waals surface area contributed by atoms with Crippen LogP contribution in [0.15, 0.2) is 54.6 Å². The van der Waals surface area contributed by atoms with Gasteiger partial charge in [-0.2, -0.15) is 0 Å². The number of rotatable bonds is 7. The lowest BCUT2D eigenvalue weighted by atomic mass is 10.0. The molecule has 1 heterocycles. The quantitative estimate of drug-likeness (QED) is 0.351. The van der Waals surface area contributed by atoms with Crippen LogP contribution in [0.4, 0.5) is 0 Å². The summed E-state index contributed by atoms with van der Waals surface area (Å²) >= 11 is 0. The van der Waals surface area contributed by atoms with Crippen LogP contribution in [0.3, 0.4) is 0 Å². The number of esters is 2. The maximum Gasteiger partial charge on any atom is 0.344 e. The number of aromatic nitrogens is 1. The Morgan fingerprint density at radius 3 is 2.21 bits per heavy atom. The number of fused-ring (bicyclic) bond motifs is 3. The molecule has 0 bridgehead atoms. The van der Waals surface area contributed by atoms with Crippen molar-refractivity contribution in [3.8, 4) is 11.4 Å². The van der Waals surface area contributed by atoms with Crippen molar-refractivity contribution in [2.45, 2.75) is 27.7 Å². The number of hydrogen-bond acceptors (Lipinski definition) is 5. The Morgan fingerprint density at radius 1 is 0.848 bits per heavy atom. The topological polar surface area (TPSA) is 66.8 Å².